The van der Waals surface area contributed by atoms with Crippen LogP contribution in [0.25, 0.3) is 0 Å². The van der Waals surface area contributed by atoms with Crippen LogP contribution in [0.2, 0.25) is 0 Å². The summed E-state index contributed by atoms with van der Waals surface area (Å²) in [6, 6.07) is 5.40. The lowest BCUT2D eigenvalue weighted by Gasteiger charge is -2.15. The number of Topliss-reactive ketones (excluding diaryl/α,β-unsaturated/α-hetero) is 1. The molecule has 0 aliphatic carbocycles. The molecule has 0 aromatic heterocycles. The van der Waals surface area contributed by atoms with Crippen molar-refractivity contribution in [1.82, 2.24) is 0 Å². The molecule has 0 bridgehead atoms. The quantitative estimate of drug-likeness (QED) is 0.711. The van der Waals surface area contributed by atoms with Crippen LogP contribution in [0.15, 0.2) is 18.2 Å². The highest BCUT2D eigenvalue weighted by Gasteiger charge is 2.21. The summed E-state index contributed by atoms with van der Waals surface area (Å²) in [5.41, 5.74) is 0.612. The molecule has 0 heterocycles. The summed E-state index contributed by atoms with van der Waals surface area (Å²) < 4.78 is 10.5. The minimum Gasteiger partial charge on any atom is -0.493 e. The van der Waals surface area contributed by atoms with Crippen molar-refractivity contribution in [3.05, 3.63) is 23.8 Å². The molecule has 0 amide bonds. The summed E-state index contributed by atoms with van der Waals surface area (Å²) in [4.78, 5) is 12.3. The number of rotatable bonds is 6. The van der Waals surface area contributed by atoms with Gasteiger partial charge < -0.3 is 9.47 Å². The van der Waals surface area contributed by atoms with Gasteiger partial charge in [0.25, 0.3) is 0 Å². The largest absolute Gasteiger partial charge is 0.493 e. The third kappa shape index (κ3) is 2.78. The lowest BCUT2D eigenvalue weighted by atomic mass is 9.92. The van der Waals surface area contributed by atoms with E-state index in [0.29, 0.717) is 17.1 Å². The average Bonchev–Trinajstić information content (AvgIpc) is 2.38. The van der Waals surface area contributed by atoms with Gasteiger partial charge in [-0.3, -0.25) is 4.79 Å². The number of carbonyl (C=O) groups is 1. The van der Waals surface area contributed by atoms with Gasteiger partial charge in [0, 0.05) is 5.92 Å². The van der Waals surface area contributed by atoms with Crippen molar-refractivity contribution in [2.24, 2.45) is 5.92 Å². The summed E-state index contributed by atoms with van der Waals surface area (Å²) >= 11 is 0. The number of methoxy groups -OCH3 is 2. The van der Waals surface area contributed by atoms with E-state index in [-0.39, 0.29) is 11.7 Å². The maximum atomic E-state index is 12.3. The summed E-state index contributed by atoms with van der Waals surface area (Å²) in [5, 5.41) is 0. The molecule has 0 saturated heterocycles. The number of benzene rings is 1. The molecular formula is C14H20O3. The highest BCUT2D eigenvalue weighted by molar-refractivity contribution is 6.01. The first-order valence-electron chi connectivity index (χ1n) is 5.94. The Morgan fingerprint density at radius 2 is 1.82 bits per heavy atom. The van der Waals surface area contributed by atoms with E-state index in [0.717, 1.165) is 12.8 Å². The summed E-state index contributed by atoms with van der Waals surface area (Å²) in [6.45, 7) is 4.05. The minimum absolute atomic E-state index is 0.0519. The molecule has 0 N–H and O–H groups in total. The fraction of sp³-hybridized carbons (Fsp3) is 0.500. The molecule has 3 nitrogen and oxygen atoms in total. The predicted octanol–water partition coefficient (Wildman–Crippen LogP) is 3.32. The zero-order valence-corrected chi connectivity index (χ0v) is 10.9. The molecule has 94 valence electrons. The van der Waals surface area contributed by atoms with Gasteiger partial charge in [0.2, 0.25) is 0 Å². The molecule has 1 aromatic rings. The zero-order chi connectivity index (χ0) is 12.8. The van der Waals surface area contributed by atoms with Crippen LogP contribution in [0.3, 0.4) is 0 Å². The van der Waals surface area contributed by atoms with Crippen LogP contribution >= 0.6 is 0 Å². The number of ether oxygens (including phenoxy) is 2. The van der Waals surface area contributed by atoms with E-state index in [2.05, 4.69) is 0 Å². The second kappa shape index (κ2) is 6.28. The van der Waals surface area contributed by atoms with E-state index >= 15 is 0 Å². The molecule has 0 aliphatic rings. The zero-order valence-electron chi connectivity index (χ0n) is 10.9. The Kier molecular flexibility index (Phi) is 5.01. The Morgan fingerprint density at radius 1 is 1.18 bits per heavy atom. The van der Waals surface area contributed by atoms with Gasteiger partial charge in [-0.2, -0.15) is 0 Å². The molecule has 0 fully saturated rings. The first-order chi connectivity index (χ1) is 8.19. The van der Waals surface area contributed by atoms with E-state index in [1.165, 1.54) is 0 Å². The molecule has 1 rings (SSSR count). The number of para-hydroxylation sites is 1. The van der Waals surface area contributed by atoms with E-state index in [1.54, 1.807) is 26.4 Å². The molecule has 0 radical (unpaired) electrons. The average molecular weight is 236 g/mol. The van der Waals surface area contributed by atoms with Crippen molar-refractivity contribution in [2.45, 2.75) is 26.7 Å². The molecule has 0 saturated carbocycles. The van der Waals surface area contributed by atoms with Crippen LogP contribution < -0.4 is 9.47 Å². The van der Waals surface area contributed by atoms with Gasteiger partial charge >= 0.3 is 0 Å². The number of hydrogen-bond donors (Lipinski definition) is 0. The summed E-state index contributed by atoms with van der Waals surface area (Å²) in [7, 11) is 3.13. The normalized spacial score (nSPS) is 10.4. The monoisotopic (exact) mass is 236 g/mol. The van der Waals surface area contributed by atoms with Gasteiger partial charge in [-0.05, 0) is 25.0 Å². The molecule has 0 spiro atoms. The fourth-order valence-electron chi connectivity index (χ4n) is 1.96. The smallest absolute Gasteiger partial charge is 0.171 e. The number of ketones is 1. The first-order valence-corrected chi connectivity index (χ1v) is 5.94. The van der Waals surface area contributed by atoms with Gasteiger partial charge in [0.15, 0.2) is 17.3 Å². The minimum atomic E-state index is 0.0519. The van der Waals surface area contributed by atoms with E-state index in [4.69, 9.17) is 9.47 Å². The van der Waals surface area contributed by atoms with Crippen LogP contribution in [0, 0.1) is 5.92 Å². The maximum absolute atomic E-state index is 12.3. The third-order valence-electron chi connectivity index (χ3n) is 3.02. The second-order valence-corrected chi connectivity index (χ2v) is 3.92. The van der Waals surface area contributed by atoms with Crippen LogP contribution in [0.5, 0.6) is 11.5 Å². The van der Waals surface area contributed by atoms with Gasteiger partial charge in [0.1, 0.15) is 0 Å². The Bertz CT molecular complexity index is 381. The van der Waals surface area contributed by atoms with Crippen molar-refractivity contribution in [3.8, 4) is 11.5 Å². The first kappa shape index (κ1) is 13.6. The van der Waals surface area contributed by atoms with E-state index in [1.807, 2.05) is 19.9 Å². The van der Waals surface area contributed by atoms with Gasteiger partial charge in [-0.1, -0.05) is 19.9 Å². The van der Waals surface area contributed by atoms with Crippen molar-refractivity contribution >= 4 is 5.78 Å². The van der Waals surface area contributed by atoms with Crippen LogP contribution in [-0.2, 0) is 0 Å². The fourth-order valence-corrected chi connectivity index (χ4v) is 1.96. The van der Waals surface area contributed by atoms with E-state index < -0.39 is 0 Å². The molecule has 1 aromatic carbocycles. The number of hydrogen-bond acceptors (Lipinski definition) is 3. The van der Waals surface area contributed by atoms with Crippen molar-refractivity contribution in [2.75, 3.05) is 14.2 Å². The molecule has 3 heteroatoms. The van der Waals surface area contributed by atoms with Crippen molar-refractivity contribution in [1.29, 1.82) is 0 Å². The highest BCUT2D eigenvalue weighted by Crippen LogP contribution is 2.33. The van der Waals surface area contributed by atoms with Gasteiger partial charge in [-0.15, -0.1) is 0 Å². The lowest BCUT2D eigenvalue weighted by Crippen LogP contribution is -2.14. The maximum Gasteiger partial charge on any atom is 0.171 e. The standard InChI is InChI=1S/C14H20O3/c1-5-10(6-2)13(15)11-8-7-9-12(16-3)14(11)17-4/h7-10H,5-6H2,1-4H3. The summed E-state index contributed by atoms with van der Waals surface area (Å²) in [5.74, 6) is 1.32. The van der Waals surface area contributed by atoms with Crippen LogP contribution in [0.1, 0.15) is 37.0 Å². The Balaban J connectivity index is 3.16. The Hall–Kier alpha value is -1.51. The van der Waals surface area contributed by atoms with Crippen LogP contribution in [-0.4, -0.2) is 20.0 Å². The Morgan fingerprint density at radius 3 is 2.29 bits per heavy atom. The molecule has 0 aliphatic heterocycles. The molecule has 0 unspecified atom stereocenters. The third-order valence-corrected chi connectivity index (χ3v) is 3.02. The van der Waals surface area contributed by atoms with E-state index in [9.17, 15) is 4.79 Å². The predicted molar refractivity (Wildman–Crippen MR) is 67.9 cm³/mol. The second-order valence-electron chi connectivity index (χ2n) is 3.92. The van der Waals surface area contributed by atoms with Crippen LogP contribution in [0.4, 0.5) is 0 Å². The molecule has 0 atom stereocenters. The SMILES string of the molecule is CCC(CC)C(=O)c1cccc(OC)c1OC. The van der Waals surface area contributed by atoms with Gasteiger partial charge in [0.05, 0.1) is 19.8 Å². The Labute approximate surface area is 103 Å². The molecular weight excluding hydrogens is 216 g/mol. The lowest BCUT2D eigenvalue weighted by molar-refractivity contribution is 0.0909. The number of carbonyl (C=O) groups excluding carboxylic acids is 1. The topological polar surface area (TPSA) is 35.5 Å². The van der Waals surface area contributed by atoms with Gasteiger partial charge in [-0.25, -0.2) is 0 Å². The molecule has 17 heavy (non-hydrogen) atoms. The van der Waals surface area contributed by atoms with Crippen molar-refractivity contribution in [3.63, 3.8) is 0 Å². The summed E-state index contributed by atoms with van der Waals surface area (Å²) in [6.07, 6.45) is 1.69. The van der Waals surface area contributed by atoms with Crippen molar-refractivity contribution < 1.29 is 14.3 Å². The highest BCUT2D eigenvalue weighted by atomic mass is 16.5.